The normalized spacial score (nSPS) is 10.9. The van der Waals surface area contributed by atoms with E-state index in [0.717, 1.165) is 44.7 Å². The lowest BCUT2D eigenvalue weighted by molar-refractivity contribution is 0.602. The van der Waals surface area contributed by atoms with Gasteiger partial charge in [0.15, 0.2) is 5.76 Å². The number of nitrogens with two attached hydrogens (primary N) is 1. The number of fused-ring (bicyclic) bond motifs is 1. The van der Waals surface area contributed by atoms with Gasteiger partial charge in [0.25, 0.3) is 0 Å². The fourth-order valence-electron chi connectivity index (χ4n) is 6.11. The quantitative estimate of drug-likeness (QED) is 0.0550. The van der Waals surface area contributed by atoms with Crippen LogP contribution in [0.15, 0.2) is 193 Å². The molecular weight excluding hydrogens is 716 g/mol. The van der Waals surface area contributed by atoms with Crippen molar-refractivity contribution in [3.8, 4) is 34.1 Å². The third-order valence-corrected chi connectivity index (χ3v) is 9.24. The van der Waals surface area contributed by atoms with E-state index in [9.17, 15) is 0 Å². The van der Waals surface area contributed by atoms with E-state index < -0.39 is 0 Å². The van der Waals surface area contributed by atoms with Crippen LogP contribution in [-0.4, -0.2) is 11.7 Å². The van der Waals surface area contributed by atoms with Crippen LogP contribution in [0.25, 0.3) is 44.5 Å². The molecule has 0 radical (unpaired) electrons. The Morgan fingerprint density at radius 1 is 0.684 bits per heavy atom. The second-order valence-corrected chi connectivity index (χ2v) is 13.4. The van der Waals surface area contributed by atoms with Crippen LogP contribution >= 0.6 is 11.6 Å². The van der Waals surface area contributed by atoms with Crippen molar-refractivity contribution in [1.82, 2.24) is 0 Å². The van der Waals surface area contributed by atoms with Gasteiger partial charge in [-0.15, -0.1) is 30.7 Å². The Kier molecular flexibility index (Phi) is 16.7. The number of halogens is 1. The number of alkyl halides is 1. The Hall–Kier alpha value is -6.60. The zero-order valence-corrected chi connectivity index (χ0v) is 34.2. The van der Waals surface area contributed by atoms with Gasteiger partial charge in [-0.1, -0.05) is 164 Å². The molecule has 4 heteroatoms. The molecule has 286 valence electrons. The number of rotatable bonds is 8. The summed E-state index contributed by atoms with van der Waals surface area (Å²) in [7, 11) is 0. The summed E-state index contributed by atoms with van der Waals surface area (Å²) < 4.78 is 6.07. The molecule has 0 spiro atoms. The van der Waals surface area contributed by atoms with Gasteiger partial charge >= 0.3 is 0 Å². The summed E-state index contributed by atoms with van der Waals surface area (Å²) in [4.78, 5) is 4.49. The highest BCUT2D eigenvalue weighted by molar-refractivity contribution is 6.20. The minimum Gasteiger partial charge on any atom is -0.454 e. The molecule has 1 heterocycles. The minimum absolute atomic E-state index is 0.186. The van der Waals surface area contributed by atoms with Gasteiger partial charge in [0, 0.05) is 28.1 Å². The molecule has 2 N–H and O–H groups in total. The molecule has 0 fully saturated rings. The number of para-hydroxylation sites is 1. The van der Waals surface area contributed by atoms with Crippen molar-refractivity contribution >= 4 is 39.6 Å². The average molecular weight is 767 g/mol. The van der Waals surface area contributed by atoms with Crippen LogP contribution in [0, 0.1) is 18.8 Å². The Bertz CT molecular complexity index is 2370. The summed E-state index contributed by atoms with van der Waals surface area (Å²) in [6.07, 6.45) is 0. The van der Waals surface area contributed by atoms with Crippen molar-refractivity contribution in [3.05, 3.63) is 218 Å². The van der Waals surface area contributed by atoms with Gasteiger partial charge in [0.1, 0.15) is 17.3 Å². The second-order valence-electron chi connectivity index (χ2n) is 13.1. The highest BCUT2D eigenvalue weighted by atomic mass is 35.5. The van der Waals surface area contributed by atoms with Crippen LogP contribution in [0.4, 0.5) is 0 Å². The molecule has 0 saturated heterocycles. The van der Waals surface area contributed by atoms with Gasteiger partial charge in [-0.25, -0.2) is 0 Å². The summed E-state index contributed by atoms with van der Waals surface area (Å²) in [5, 5.41) is 1.10. The molecule has 0 aliphatic rings. The standard InChI is InChI=1S/C22H20ClNO.C15H14.C14H13N.C2H4/c1-4-7-15(2)17-10-12-18(13-11-17)21(24-14-23)22-16(3)19-8-5-6-9-20(19)25-22;1-12(2)14-9-6-10-15(11-14)13-7-4-3-5-8-13;1-11(15)13-8-5-9-14(10-13)12-6-3-2-4-7-12;1-2/h5-6,8-13,15H,14H2,1-3H3;3-11H,1H2,2H3;2-10H,1,15H2;1-2H2/b24-21-;;;. The SMILES string of the molecule is C=C.C=C(C)c1cccc(-c2ccccc2)c1.C=C(N)c1cccc(-c2ccccc2)c1.CC#CC(C)c1ccc(/C(=N/CCl)c2oc3ccccc3c2C)cc1. The molecule has 0 saturated carbocycles. The lowest BCUT2D eigenvalue weighted by Crippen LogP contribution is -2.05. The Morgan fingerprint density at radius 2 is 1.19 bits per heavy atom. The maximum atomic E-state index is 6.07. The number of benzene rings is 6. The monoisotopic (exact) mass is 766 g/mol. The summed E-state index contributed by atoms with van der Waals surface area (Å²) in [5.74, 6) is 7.12. The topological polar surface area (TPSA) is 51.5 Å². The smallest absolute Gasteiger partial charge is 0.156 e. The van der Waals surface area contributed by atoms with Gasteiger partial charge in [0.2, 0.25) is 0 Å². The van der Waals surface area contributed by atoms with E-state index in [1.54, 1.807) is 0 Å². The number of nitrogens with zero attached hydrogens (tertiary/aromatic N) is 1. The highest BCUT2D eigenvalue weighted by Gasteiger charge is 2.17. The summed E-state index contributed by atoms with van der Waals surface area (Å²) >= 11 is 5.92. The van der Waals surface area contributed by atoms with Gasteiger partial charge in [-0.2, -0.15) is 0 Å². The van der Waals surface area contributed by atoms with Crippen molar-refractivity contribution < 1.29 is 4.42 Å². The Labute approximate surface area is 344 Å². The number of furan rings is 1. The molecule has 7 aromatic rings. The van der Waals surface area contributed by atoms with Crippen molar-refractivity contribution in [2.45, 2.75) is 33.6 Å². The van der Waals surface area contributed by atoms with Gasteiger partial charge < -0.3 is 10.2 Å². The molecule has 0 aliphatic heterocycles. The average Bonchev–Trinajstić information content (AvgIpc) is 3.60. The van der Waals surface area contributed by atoms with Crippen LogP contribution in [0.1, 0.15) is 60.3 Å². The number of aryl methyl sites for hydroxylation is 1. The molecule has 57 heavy (non-hydrogen) atoms. The van der Waals surface area contributed by atoms with E-state index in [2.05, 4.69) is 160 Å². The second kappa shape index (κ2) is 22.1. The van der Waals surface area contributed by atoms with Crippen LogP contribution in [0.3, 0.4) is 0 Å². The van der Waals surface area contributed by atoms with Gasteiger partial charge in [-0.3, -0.25) is 4.99 Å². The first-order valence-corrected chi connectivity index (χ1v) is 19.3. The molecule has 7 rings (SSSR count). The van der Waals surface area contributed by atoms with Crippen molar-refractivity contribution in [3.63, 3.8) is 0 Å². The predicted octanol–water partition coefficient (Wildman–Crippen LogP) is 14.4. The van der Waals surface area contributed by atoms with E-state index >= 15 is 0 Å². The fraction of sp³-hybridized carbons (Fsp3) is 0.113. The predicted molar refractivity (Wildman–Crippen MR) is 249 cm³/mol. The fourth-order valence-corrected chi connectivity index (χ4v) is 6.23. The van der Waals surface area contributed by atoms with E-state index in [1.165, 1.54) is 33.4 Å². The number of allylic oxidation sites excluding steroid dienone is 1. The van der Waals surface area contributed by atoms with Crippen molar-refractivity contribution in [2.75, 3.05) is 6.00 Å². The zero-order chi connectivity index (χ0) is 41.2. The summed E-state index contributed by atoms with van der Waals surface area (Å²) in [6.45, 7) is 21.7. The third kappa shape index (κ3) is 11.9. The van der Waals surface area contributed by atoms with Crippen LogP contribution < -0.4 is 5.73 Å². The zero-order valence-electron chi connectivity index (χ0n) is 33.4. The van der Waals surface area contributed by atoms with E-state index in [0.29, 0.717) is 5.70 Å². The van der Waals surface area contributed by atoms with Gasteiger partial charge in [-0.05, 0) is 84.8 Å². The maximum absolute atomic E-state index is 6.07. The Balaban J connectivity index is 0.000000195. The van der Waals surface area contributed by atoms with Crippen LogP contribution in [0.2, 0.25) is 0 Å². The summed E-state index contributed by atoms with van der Waals surface area (Å²) in [5.41, 5.74) is 19.3. The highest BCUT2D eigenvalue weighted by Crippen LogP contribution is 2.28. The van der Waals surface area contributed by atoms with Crippen LogP contribution in [-0.2, 0) is 0 Å². The van der Waals surface area contributed by atoms with Crippen molar-refractivity contribution in [2.24, 2.45) is 10.7 Å². The molecule has 1 aromatic heterocycles. The first kappa shape index (κ1) is 43.1. The van der Waals surface area contributed by atoms with E-state index in [4.69, 9.17) is 21.8 Å². The molecule has 0 bridgehead atoms. The largest absolute Gasteiger partial charge is 0.454 e. The first-order valence-electron chi connectivity index (χ1n) is 18.7. The Morgan fingerprint density at radius 3 is 1.70 bits per heavy atom. The van der Waals surface area contributed by atoms with Crippen LogP contribution in [0.5, 0.6) is 0 Å². The maximum Gasteiger partial charge on any atom is 0.156 e. The lowest BCUT2D eigenvalue weighted by Gasteiger charge is -2.08. The molecular formula is C53H51ClN2O. The number of hydrogen-bond acceptors (Lipinski definition) is 3. The van der Waals surface area contributed by atoms with E-state index in [1.807, 2.05) is 68.4 Å². The first-order chi connectivity index (χ1) is 27.7. The summed E-state index contributed by atoms with van der Waals surface area (Å²) in [6, 6.07) is 53.7. The lowest BCUT2D eigenvalue weighted by atomic mass is 9.97. The van der Waals surface area contributed by atoms with Crippen molar-refractivity contribution in [1.29, 1.82) is 0 Å². The number of hydrogen-bond donors (Lipinski definition) is 1. The van der Waals surface area contributed by atoms with E-state index in [-0.39, 0.29) is 11.9 Å². The molecule has 1 atom stereocenters. The van der Waals surface area contributed by atoms with Gasteiger partial charge in [0.05, 0.1) is 0 Å². The molecule has 6 aromatic carbocycles. The molecule has 0 amide bonds. The minimum atomic E-state index is 0.186. The molecule has 3 nitrogen and oxygen atoms in total. The molecule has 1 unspecified atom stereocenters. The molecule has 0 aliphatic carbocycles. The third-order valence-electron chi connectivity index (χ3n) is 9.12. The number of aliphatic imine (C=N–C) groups is 1.